The summed E-state index contributed by atoms with van der Waals surface area (Å²) >= 11 is 0. The zero-order valence-corrected chi connectivity index (χ0v) is 42.2. The van der Waals surface area contributed by atoms with Gasteiger partial charge in [-0.25, -0.2) is 14.4 Å². The number of imide groups is 3. The molecule has 3 fully saturated rings. The first kappa shape index (κ1) is 61.4. The Morgan fingerprint density at radius 2 is 0.575 bits per heavy atom. The van der Waals surface area contributed by atoms with Gasteiger partial charge in [-0.05, 0) is 38.5 Å². The molecule has 3 N–H and O–H groups in total. The lowest BCUT2D eigenvalue weighted by Crippen LogP contribution is -2.31. The van der Waals surface area contributed by atoms with E-state index >= 15 is 0 Å². The number of nitrogens with one attached hydrogen (secondary N) is 3. The van der Waals surface area contributed by atoms with Crippen LogP contribution in [0.15, 0.2) is 0 Å². The fourth-order valence-electron chi connectivity index (χ4n) is 7.53. The van der Waals surface area contributed by atoms with Gasteiger partial charge in [-0.3, -0.25) is 43.2 Å². The number of hydrogen-bond donors (Lipinski definition) is 3. The molecule has 0 aliphatic carbocycles. The maximum Gasteiger partial charge on any atom is 0.333 e. The number of nitrogens with zero attached hydrogens (tertiary/aromatic N) is 3. The molecule has 24 heteroatoms. The summed E-state index contributed by atoms with van der Waals surface area (Å²) in [6, 6.07) is 0. The number of amides is 9. The van der Waals surface area contributed by atoms with E-state index in [1.165, 1.54) is 0 Å². The highest BCUT2D eigenvalue weighted by Crippen LogP contribution is 2.17. The maximum absolute atomic E-state index is 12.4. The minimum absolute atomic E-state index is 0.0462. The second kappa shape index (κ2) is 36.9. The fraction of sp³-hybridized carbons (Fsp3) is 0.755. The maximum atomic E-state index is 12.4. The molecule has 3 saturated heterocycles. The molecule has 9 amide bonds. The topological polar surface area (TPSA) is 306 Å². The highest BCUT2D eigenvalue weighted by molar-refractivity contribution is 6.02. The molecule has 0 aromatic carbocycles. The molecule has 3 heterocycles. The number of carbonyl (C=O) groups excluding carboxylic acids is 12. The van der Waals surface area contributed by atoms with E-state index in [2.05, 4.69) is 16.0 Å². The monoisotopic (exact) mass is 1040 g/mol. The Bertz CT molecular complexity index is 1590. The number of unbranched alkanes of at least 4 members (excludes halogenated alkanes) is 12. The number of rotatable bonds is 42. The number of carbonyl (C=O) groups is 12. The third kappa shape index (κ3) is 27.7. The molecule has 0 aromatic heterocycles. The molecule has 0 spiro atoms. The molecule has 0 aromatic rings. The lowest BCUT2D eigenvalue weighted by atomic mass is 10.1. The molecular weight excluding hydrogens is 961 g/mol. The molecule has 0 radical (unpaired) electrons. The highest BCUT2D eigenvalue weighted by atomic mass is 16.7. The molecule has 410 valence electrons. The second-order valence-corrected chi connectivity index (χ2v) is 18.1. The third-order valence-corrected chi connectivity index (χ3v) is 11.7. The van der Waals surface area contributed by atoms with Crippen LogP contribution >= 0.6 is 0 Å². The predicted octanol–water partition coefficient (Wildman–Crippen LogP) is 3.01. The minimum atomic E-state index is -0.617. The lowest BCUT2D eigenvalue weighted by molar-refractivity contribution is -0.197. The van der Waals surface area contributed by atoms with Crippen LogP contribution in [-0.2, 0) is 86.3 Å². The zero-order chi connectivity index (χ0) is 53.1. The summed E-state index contributed by atoms with van der Waals surface area (Å²) in [6.45, 7) is 2.55. The SMILES string of the molecule is O=C(CCOCC(COCCC(=O)NCCCCCCCC(=O)ON1C(=O)CCC1=O)COCCC(=O)NCCCCCCCC(=O)ON1C(=O)CCC1=O)NCCCCCCCC(=O)ON1C(=O)CCC1=O. The zero-order valence-electron chi connectivity index (χ0n) is 42.2. The largest absolute Gasteiger partial charge is 0.380 e. The average molecular weight is 1040 g/mol. The quantitative estimate of drug-likeness (QED) is 0.0585. The van der Waals surface area contributed by atoms with Crippen molar-refractivity contribution in [2.24, 2.45) is 5.92 Å². The smallest absolute Gasteiger partial charge is 0.333 e. The Balaban J connectivity index is 1.23. The summed E-state index contributed by atoms with van der Waals surface area (Å²) in [6.07, 6.45) is 12.1. The van der Waals surface area contributed by atoms with E-state index in [0.29, 0.717) is 54.1 Å². The Labute approximate surface area is 426 Å². The van der Waals surface area contributed by atoms with Gasteiger partial charge in [0.1, 0.15) is 0 Å². The van der Waals surface area contributed by atoms with E-state index in [1.807, 2.05) is 0 Å². The predicted molar refractivity (Wildman–Crippen MR) is 253 cm³/mol. The van der Waals surface area contributed by atoms with Crippen LogP contribution in [0.1, 0.15) is 173 Å². The van der Waals surface area contributed by atoms with Crippen LogP contribution in [0.5, 0.6) is 0 Å². The number of ether oxygens (including phenoxy) is 3. The summed E-state index contributed by atoms with van der Waals surface area (Å²) in [5.74, 6) is -5.66. The van der Waals surface area contributed by atoms with Crippen molar-refractivity contribution in [3.8, 4) is 0 Å². The summed E-state index contributed by atoms with van der Waals surface area (Å²) in [7, 11) is 0. The highest BCUT2D eigenvalue weighted by Gasteiger charge is 2.34. The molecule has 0 saturated carbocycles. The molecule has 0 atom stereocenters. The first-order chi connectivity index (χ1) is 35.2. The van der Waals surface area contributed by atoms with Gasteiger partial charge in [-0.15, -0.1) is 15.2 Å². The Morgan fingerprint density at radius 1 is 0.342 bits per heavy atom. The van der Waals surface area contributed by atoms with Crippen molar-refractivity contribution in [3.05, 3.63) is 0 Å². The van der Waals surface area contributed by atoms with Gasteiger partial charge in [0.15, 0.2) is 0 Å². The van der Waals surface area contributed by atoms with E-state index in [1.54, 1.807) is 0 Å². The van der Waals surface area contributed by atoms with Crippen LogP contribution in [0.3, 0.4) is 0 Å². The Hall–Kier alpha value is -5.88. The summed E-state index contributed by atoms with van der Waals surface area (Å²) < 4.78 is 17.4. The van der Waals surface area contributed by atoms with E-state index in [0.717, 1.165) is 77.0 Å². The van der Waals surface area contributed by atoms with Gasteiger partial charge >= 0.3 is 17.9 Å². The van der Waals surface area contributed by atoms with Crippen LogP contribution in [0.25, 0.3) is 0 Å². The van der Waals surface area contributed by atoms with Crippen molar-refractivity contribution >= 4 is 71.1 Å². The number of hydrogen-bond acceptors (Lipinski definition) is 18. The first-order valence-corrected chi connectivity index (χ1v) is 26.0. The van der Waals surface area contributed by atoms with Gasteiger partial charge in [0.25, 0.3) is 35.4 Å². The average Bonchev–Trinajstić information content (AvgIpc) is 3.98. The van der Waals surface area contributed by atoms with Crippen LogP contribution in [0.4, 0.5) is 0 Å². The Morgan fingerprint density at radius 3 is 0.836 bits per heavy atom. The first-order valence-electron chi connectivity index (χ1n) is 26.0. The van der Waals surface area contributed by atoms with Gasteiger partial charge in [0.05, 0.1) is 39.6 Å². The van der Waals surface area contributed by atoms with E-state index < -0.39 is 53.4 Å². The van der Waals surface area contributed by atoms with Gasteiger partial charge in [-0.2, -0.15) is 0 Å². The van der Waals surface area contributed by atoms with Crippen molar-refractivity contribution < 1.29 is 86.3 Å². The van der Waals surface area contributed by atoms with Crippen LogP contribution in [0.2, 0.25) is 0 Å². The van der Waals surface area contributed by atoms with Gasteiger partial charge < -0.3 is 44.7 Å². The lowest BCUT2D eigenvalue weighted by Gasteiger charge is -2.18. The third-order valence-electron chi connectivity index (χ3n) is 11.7. The fourth-order valence-corrected chi connectivity index (χ4v) is 7.53. The van der Waals surface area contributed by atoms with Crippen LogP contribution in [-0.4, -0.2) is 146 Å². The van der Waals surface area contributed by atoms with E-state index in [9.17, 15) is 57.5 Å². The van der Waals surface area contributed by atoms with Crippen molar-refractivity contribution in [2.75, 3.05) is 59.3 Å². The molecule has 3 aliphatic heterocycles. The number of hydroxylamine groups is 6. The molecule has 0 bridgehead atoms. The second-order valence-electron chi connectivity index (χ2n) is 18.1. The Kier molecular flexibility index (Phi) is 31.1. The molecule has 73 heavy (non-hydrogen) atoms. The molecular formula is C49H76N6O18. The minimum Gasteiger partial charge on any atom is -0.380 e. The molecule has 0 unspecified atom stereocenters. The molecule has 3 aliphatic rings. The standard InChI is InChI=1S/C49H76N6O18/c56-38(50-28-13-7-1-4-10-16-47(65)71-53-41(59)19-20-42(53)60)25-31-68-34-37(35-69-32-26-39(57)51-29-14-8-2-5-11-17-48(66)72-54-43(61)21-22-44(54)62)36-70-33-27-40(58)52-30-15-9-3-6-12-18-49(67)73-55-45(63)23-24-46(55)64/h37H,1-36H2,(H,50,56)(H,51,57)(H,52,58). The van der Waals surface area contributed by atoms with Crippen molar-refractivity contribution in [2.45, 2.75) is 173 Å². The van der Waals surface area contributed by atoms with E-state index in [4.69, 9.17) is 28.7 Å². The molecule has 3 rings (SSSR count). The van der Waals surface area contributed by atoms with Gasteiger partial charge in [-0.1, -0.05) is 57.8 Å². The van der Waals surface area contributed by atoms with Crippen LogP contribution in [0, 0.1) is 5.92 Å². The van der Waals surface area contributed by atoms with Crippen molar-refractivity contribution in [1.82, 2.24) is 31.1 Å². The molecule has 24 nitrogen and oxygen atoms in total. The van der Waals surface area contributed by atoms with Crippen molar-refractivity contribution in [3.63, 3.8) is 0 Å². The van der Waals surface area contributed by atoms with Gasteiger partial charge in [0.2, 0.25) is 17.7 Å². The van der Waals surface area contributed by atoms with Crippen LogP contribution < -0.4 is 16.0 Å². The van der Waals surface area contributed by atoms with Gasteiger partial charge in [0, 0.05) is 103 Å². The summed E-state index contributed by atoms with van der Waals surface area (Å²) in [4.78, 5) is 157. The summed E-state index contributed by atoms with van der Waals surface area (Å²) in [5.41, 5.74) is 0. The van der Waals surface area contributed by atoms with Crippen molar-refractivity contribution in [1.29, 1.82) is 0 Å². The normalized spacial score (nSPS) is 14.7. The van der Waals surface area contributed by atoms with E-state index in [-0.39, 0.29) is 140 Å². The summed E-state index contributed by atoms with van der Waals surface area (Å²) in [5, 5.41) is 10.2.